The van der Waals surface area contributed by atoms with Crippen LogP contribution in [0.3, 0.4) is 0 Å². The molecule has 0 saturated carbocycles. The molecule has 0 fully saturated rings. The first-order valence-electron chi connectivity index (χ1n) is 4.76. The van der Waals surface area contributed by atoms with Crippen molar-refractivity contribution in [3.05, 3.63) is 23.0 Å². The van der Waals surface area contributed by atoms with E-state index >= 15 is 0 Å². The Bertz CT molecular complexity index is 313. The Kier molecular flexibility index (Phi) is 5.52. The van der Waals surface area contributed by atoms with Crippen molar-refractivity contribution < 1.29 is 5.11 Å². The third-order valence-electron chi connectivity index (χ3n) is 1.75. The topological polar surface area (TPSA) is 63.0 Å². The predicted octanol–water partition coefficient (Wildman–Crippen LogP) is 0.659. The molecular weight excluding hydrogens is 260 g/mol. The van der Waals surface area contributed by atoms with Crippen LogP contribution in [0.1, 0.15) is 12.1 Å². The molecule has 1 heterocycles. The minimum Gasteiger partial charge on any atom is -0.396 e. The molecule has 5 nitrogen and oxygen atoms in total. The largest absolute Gasteiger partial charge is 0.396 e. The molecule has 0 spiro atoms. The molecule has 6 heteroatoms. The first kappa shape index (κ1) is 12.4. The van der Waals surface area contributed by atoms with Crippen molar-refractivity contribution in [3.63, 3.8) is 0 Å². The highest BCUT2D eigenvalue weighted by atomic mass is 79.9. The highest BCUT2D eigenvalue weighted by molar-refractivity contribution is 9.11. The number of aromatic nitrogens is 3. The predicted molar refractivity (Wildman–Crippen MR) is 61.5 cm³/mol. The average Bonchev–Trinajstić information content (AvgIpc) is 2.62. The van der Waals surface area contributed by atoms with Crippen LogP contribution in [0.15, 0.2) is 17.3 Å². The number of hydrogen-bond acceptors (Lipinski definition) is 4. The summed E-state index contributed by atoms with van der Waals surface area (Å²) in [6.45, 7) is 5.98. The van der Waals surface area contributed by atoms with Crippen molar-refractivity contribution in [2.45, 2.75) is 19.5 Å². The molecule has 0 radical (unpaired) electrons. The normalized spacial score (nSPS) is 10.5. The number of aliphatic hydroxyl groups excluding tert-OH is 1. The number of aliphatic hydroxyl groups is 1. The lowest BCUT2D eigenvalue weighted by molar-refractivity contribution is 0.276. The Balaban J connectivity index is 2.29. The summed E-state index contributed by atoms with van der Waals surface area (Å²) in [6, 6.07) is 0. The molecule has 1 aromatic heterocycles. The van der Waals surface area contributed by atoms with E-state index in [1.54, 1.807) is 4.68 Å². The zero-order valence-electron chi connectivity index (χ0n) is 8.49. The monoisotopic (exact) mass is 274 g/mol. The van der Waals surface area contributed by atoms with Gasteiger partial charge in [0.25, 0.3) is 0 Å². The van der Waals surface area contributed by atoms with Gasteiger partial charge in [0.15, 0.2) is 0 Å². The Labute approximate surface area is 97.3 Å². The second-order valence-corrected chi connectivity index (χ2v) is 4.29. The molecule has 0 aliphatic carbocycles. The fourth-order valence-electron chi connectivity index (χ4n) is 1.09. The van der Waals surface area contributed by atoms with Crippen molar-refractivity contribution in [3.8, 4) is 0 Å². The second kappa shape index (κ2) is 6.71. The third-order valence-corrected chi connectivity index (χ3v) is 2.03. The molecule has 0 amide bonds. The van der Waals surface area contributed by atoms with Crippen LogP contribution in [0.2, 0.25) is 0 Å². The van der Waals surface area contributed by atoms with Crippen LogP contribution < -0.4 is 5.32 Å². The van der Waals surface area contributed by atoms with Crippen LogP contribution in [-0.4, -0.2) is 33.3 Å². The summed E-state index contributed by atoms with van der Waals surface area (Å²) < 4.78 is 2.64. The molecule has 1 aromatic rings. The zero-order chi connectivity index (χ0) is 11.1. The first-order valence-corrected chi connectivity index (χ1v) is 5.55. The maximum atomic E-state index is 8.65. The van der Waals surface area contributed by atoms with Crippen molar-refractivity contribution >= 4 is 15.9 Å². The van der Waals surface area contributed by atoms with Gasteiger partial charge in [0.05, 0.1) is 5.69 Å². The molecule has 0 aliphatic heterocycles. The summed E-state index contributed by atoms with van der Waals surface area (Å²) in [4.78, 5) is 0. The molecule has 0 aromatic carbocycles. The maximum absolute atomic E-state index is 8.65. The molecule has 1 rings (SSSR count). The minimum atomic E-state index is 0.177. The standard InChI is InChI=1S/C9H15BrN4O/c1-8(10)5-11-6-9-7-14(13-12-9)3-2-4-15/h7,11,15H,1-6H2. The third kappa shape index (κ3) is 5.06. The molecule has 0 saturated heterocycles. The van der Waals surface area contributed by atoms with E-state index in [4.69, 9.17) is 5.11 Å². The number of hydrogen-bond donors (Lipinski definition) is 2. The second-order valence-electron chi connectivity index (χ2n) is 3.17. The minimum absolute atomic E-state index is 0.177. The van der Waals surface area contributed by atoms with Gasteiger partial charge in [-0.3, -0.25) is 4.68 Å². The fraction of sp³-hybridized carbons (Fsp3) is 0.556. The van der Waals surface area contributed by atoms with E-state index in [1.165, 1.54) is 0 Å². The highest BCUT2D eigenvalue weighted by Gasteiger charge is 1.99. The van der Waals surface area contributed by atoms with Gasteiger partial charge in [-0.2, -0.15) is 0 Å². The van der Waals surface area contributed by atoms with Gasteiger partial charge in [-0.1, -0.05) is 27.7 Å². The van der Waals surface area contributed by atoms with Gasteiger partial charge in [0.2, 0.25) is 0 Å². The maximum Gasteiger partial charge on any atom is 0.0964 e. The van der Waals surface area contributed by atoms with Gasteiger partial charge in [-0.25, -0.2) is 0 Å². The summed E-state index contributed by atoms with van der Waals surface area (Å²) in [6.07, 6.45) is 2.58. The zero-order valence-corrected chi connectivity index (χ0v) is 10.1. The van der Waals surface area contributed by atoms with Gasteiger partial charge in [0.1, 0.15) is 0 Å². The molecule has 0 aliphatic rings. The number of rotatable bonds is 7. The lowest BCUT2D eigenvalue weighted by Crippen LogP contribution is -2.14. The Morgan fingerprint density at radius 2 is 2.47 bits per heavy atom. The Morgan fingerprint density at radius 3 is 3.13 bits per heavy atom. The first-order chi connectivity index (χ1) is 7.22. The molecule has 2 N–H and O–H groups in total. The van der Waals surface area contributed by atoms with Gasteiger partial charge in [-0.05, 0) is 6.42 Å². The number of nitrogens with zero attached hydrogens (tertiary/aromatic N) is 3. The van der Waals surface area contributed by atoms with E-state index in [1.807, 2.05) is 6.20 Å². The fourth-order valence-corrected chi connectivity index (χ4v) is 1.29. The van der Waals surface area contributed by atoms with Crippen LogP contribution in [0.25, 0.3) is 0 Å². The summed E-state index contributed by atoms with van der Waals surface area (Å²) in [5.41, 5.74) is 0.890. The van der Waals surface area contributed by atoms with Crippen LogP contribution in [0.4, 0.5) is 0 Å². The summed E-state index contributed by atoms with van der Waals surface area (Å²) >= 11 is 3.26. The van der Waals surface area contributed by atoms with Crippen LogP contribution in [0.5, 0.6) is 0 Å². The van der Waals surface area contributed by atoms with Gasteiger partial charge < -0.3 is 10.4 Å². The van der Waals surface area contributed by atoms with Crippen LogP contribution in [0, 0.1) is 0 Å². The molecule has 84 valence electrons. The molecule has 15 heavy (non-hydrogen) atoms. The Morgan fingerprint density at radius 1 is 1.67 bits per heavy atom. The quantitative estimate of drug-likeness (QED) is 0.767. The van der Waals surface area contributed by atoms with E-state index in [9.17, 15) is 0 Å². The van der Waals surface area contributed by atoms with Crippen molar-refractivity contribution in [1.29, 1.82) is 0 Å². The van der Waals surface area contributed by atoms with Crippen molar-refractivity contribution in [1.82, 2.24) is 20.3 Å². The van der Waals surface area contributed by atoms with E-state index in [-0.39, 0.29) is 6.61 Å². The molecular formula is C9H15BrN4O. The average molecular weight is 275 g/mol. The van der Waals surface area contributed by atoms with E-state index < -0.39 is 0 Å². The number of halogens is 1. The SMILES string of the molecule is C=C(Br)CNCc1cn(CCCO)nn1. The summed E-state index contributed by atoms with van der Waals surface area (Å²) in [5, 5.41) is 19.7. The van der Waals surface area contributed by atoms with Crippen molar-refractivity contribution in [2.75, 3.05) is 13.2 Å². The van der Waals surface area contributed by atoms with Gasteiger partial charge >= 0.3 is 0 Å². The van der Waals surface area contributed by atoms with Crippen LogP contribution in [-0.2, 0) is 13.1 Å². The van der Waals surface area contributed by atoms with Gasteiger partial charge in [0, 0.05) is 36.9 Å². The van der Waals surface area contributed by atoms with E-state index in [2.05, 4.69) is 38.1 Å². The van der Waals surface area contributed by atoms with Crippen molar-refractivity contribution in [2.24, 2.45) is 0 Å². The number of nitrogens with one attached hydrogen (secondary N) is 1. The number of aryl methyl sites for hydroxylation is 1. The lowest BCUT2D eigenvalue weighted by Gasteiger charge is -1.99. The molecule has 0 bridgehead atoms. The molecule has 0 atom stereocenters. The summed E-state index contributed by atoms with van der Waals surface area (Å²) in [7, 11) is 0. The highest BCUT2D eigenvalue weighted by Crippen LogP contribution is 1.98. The van der Waals surface area contributed by atoms with Crippen LogP contribution >= 0.6 is 15.9 Å². The molecule has 0 unspecified atom stereocenters. The summed E-state index contributed by atoms with van der Waals surface area (Å²) in [5.74, 6) is 0. The van der Waals surface area contributed by atoms with E-state index in [0.717, 1.165) is 10.2 Å². The smallest absolute Gasteiger partial charge is 0.0964 e. The Hall–Kier alpha value is -0.720. The van der Waals surface area contributed by atoms with E-state index in [0.29, 0.717) is 26.1 Å². The lowest BCUT2D eigenvalue weighted by atomic mass is 10.4. The van der Waals surface area contributed by atoms with Gasteiger partial charge in [-0.15, -0.1) is 5.10 Å².